The van der Waals surface area contributed by atoms with Gasteiger partial charge in [-0.3, -0.25) is 9.59 Å². The highest BCUT2D eigenvalue weighted by molar-refractivity contribution is 5.84. The maximum absolute atomic E-state index is 12.1. The van der Waals surface area contributed by atoms with E-state index in [-0.39, 0.29) is 30.5 Å². The number of aliphatic hydroxyl groups is 2. The molecule has 1 aliphatic carbocycles. The van der Waals surface area contributed by atoms with E-state index in [9.17, 15) is 19.8 Å². The van der Waals surface area contributed by atoms with Crippen molar-refractivity contribution in [1.82, 2.24) is 0 Å². The molecule has 25 heavy (non-hydrogen) atoms. The molecular weight excluding hydrogens is 320 g/mol. The van der Waals surface area contributed by atoms with Gasteiger partial charge in [-0.25, -0.2) is 0 Å². The fourth-order valence-corrected chi connectivity index (χ4v) is 3.22. The average molecular weight is 352 g/mol. The molecule has 1 saturated carbocycles. The minimum absolute atomic E-state index is 0.0535. The van der Waals surface area contributed by atoms with Crippen LogP contribution < -0.4 is 0 Å². The molecule has 0 radical (unpaired) electrons. The normalized spacial score (nSPS) is 25.2. The molecule has 0 amide bonds. The van der Waals surface area contributed by atoms with Crippen molar-refractivity contribution in [2.45, 2.75) is 76.9 Å². The van der Waals surface area contributed by atoms with Crippen LogP contribution >= 0.6 is 0 Å². The van der Waals surface area contributed by atoms with Gasteiger partial charge in [-0.05, 0) is 25.7 Å². The van der Waals surface area contributed by atoms with Gasteiger partial charge < -0.3 is 15.3 Å². The molecule has 5 heteroatoms. The van der Waals surface area contributed by atoms with Crippen molar-refractivity contribution < 1.29 is 24.9 Å². The van der Waals surface area contributed by atoms with Crippen LogP contribution in [0.1, 0.15) is 64.7 Å². The molecule has 0 aromatic heterocycles. The molecule has 142 valence electrons. The summed E-state index contributed by atoms with van der Waals surface area (Å²) in [6, 6.07) is 0. The number of allylic oxidation sites excluding steroid dienone is 2. The number of carboxylic acid groups (broad SMARTS) is 1. The molecule has 4 atom stereocenters. The second-order valence-electron chi connectivity index (χ2n) is 6.86. The molecule has 1 aliphatic rings. The third-order valence-electron chi connectivity index (χ3n) is 4.71. The molecule has 0 aromatic carbocycles. The Hall–Kier alpha value is -1.46. The van der Waals surface area contributed by atoms with Crippen molar-refractivity contribution in [3.63, 3.8) is 0 Å². The Morgan fingerprint density at radius 3 is 2.72 bits per heavy atom. The number of ketones is 1. The lowest BCUT2D eigenvalue weighted by molar-refractivity contribution is -0.137. The fourth-order valence-electron chi connectivity index (χ4n) is 3.22. The largest absolute Gasteiger partial charge is 0.481 e. The average Bonchev–Trinajstić information content (AvgIpc) is 2.82. The Morgan fingerprint density at radius 1 is 1.28 bits per heavy atom. The quantitative estimate of drug-likeness (QED) is 0.370. The molecule has 4 unspecified atom stereocenters. The van der Waals surface area contributed by atoms with Gasteiger partial charge in [0, 0.05) is 24.7 Å². The van der Waals surface area contributed by atoms with E-state index >= 15 is 0 Å². The molecule has 0 heterocycles. The predicted molar refractivity (Wildman–Crippen MR) is 97.1 cm³/mol. The molecule has 5 nitrogen and oxygen atoms in total. The van der Waals surface area contributed by atoms with Crippen molar-refractivity contribution >= 4 is 11.8 Å². The number of carboxylic acids is 1. The molecule has 0 saturated heterocycles. The lowest BCUT2D eigenvalue weighted by Gasteiger charge is -2.16. The van der Waals surface area contributed by atoms with Gasteiger partial charge in [0.1, 0.15) is 5.78 Å². The zero-order valence-electron chi connectivity index (χ0n) is 15.1. The number of rotatable bonds is 12. The van der Waals surface area contributed by atoms with Crippen molar-refractivity contribution in [2.75, 3.05) is 0 Å². The molecular formula is C20H32O5. The molecule has 0 bridgehead atoms. The van der Waals surface area contributed by atoms with Crippen molar-refractivity contribution in [2.24, 2.45) is 11.8 Å². The Kier molecular flexibility index (Phi) is 10.3. The van der Waals surface area contributed by atoms with Crippen LogP contribution in [0.15, 0.2) is 24.3 Å². The second-order valence-corrected chi connectivity index (χ2v) is 6.86. The molecule has 3 N–H and O–H groups in total. The number of hydrogen-bond donors (Lipinski definition) is 3. The number of aliphatic hydroxyl groups excluding tert-OH is 2. The van der Waals surface area contributed by atoms with Gasteiger partial charge in [0.05, 0.1) is 12.2 Å². The van der Waals surface area contributed by atoms with E-state index in [4.69, 9.17) is 5.11 Å². The van der Waals surface area contributed by atoms with Crippen molar-refractivity contribution in [3.8, 4) is 0 Å². The topological polar surface area (TPSA) is 94.8 Å². The second kappa shape index (κ2) is 12.0. The predicted octanol–water partition coefficient (Wildman–Crippen LogP) is 3.25. The van der Waals surface area contributed by atoms with Gasteiger partial charge in [-0.1, -0.05) is 50.5 Å². The molecule has 0 aromatic rings. The van der Waals surface area contributed by atoms with Gasteiger partial charge in [0.15, 0.2) is 0 Å². The maximum Gasteiger partial charge on any atom is 0.303 e. The summed E-state index contributed by atoms with van der Waals surface area (Å²) in [5.74, 6) is -1.26. The smallest absolute Gasteiger partial charge is 0.303 e. The number of hydrogen-bond acceptors (Lipinski definition) is 4. The van der Waals surface area contributed by atoms with Gasteiger partial charge in [0.2, 0.25) is 0 Å². The Morgan fingerprint density at radius 2 is 2.04 bits per heavy atom. The van der Waals surface area contributed by atoms with E-state index in [0.717, 1.165) is 19.3 Å². The van der Waals surface area contributed by atoms with Gasteiger partial charge in [0.25, 0.3) is 0 Å². The summed E-state index contributed by atoms with van der Waals surface area (Å²) in [6.07, 6.45) is 12.1. The fraction of sp³-hybridized carbons (Fsp3) is 0.700. The lowest BCUT2D eigenvalue weighted by Crippen LogP contribution is -2.18. The van der Waals surface area contributed by atoms with Gasteiger partial charge in [-0.2, -0.15) is 0 Å². The molecule has 0 aliphatic heterocycles. The summed E-state index contributed by atoms with van der Waals surface area (Å²) in [5.41, 5.74) is 0. The Labute approximate surface area is 150 Å². The van der Waals surface area contributed by atoms with Crippen LogP contribution in [0.3, 0.4) is 0 Å². The summed E-state index contributed by atoms with van der Waals surface area (Å²) in [5, 5.41) is 28.7. The van der Waals surface area contributed by atoms with E-state index < -0.39 is 18.2 Å². The SMILES string of the molecule is CCCCCC(O)C=CC1C(O)CC(=O)C1C/C=C/CCCC(=O)O. The number of carbonyl (C=O) groups excluding carboxylic acids is 1. The minimum atomic E-state index is -0.801. The highest BCUT2D eigenvalue weighted by Gasteiger charge is 2.39. The highest BCUT2D eigenvalue weighted by Crippen LogP contribution is 2.33. The first kappa shape index (κ1) is 21.6. The van der Waals surface area contributed by atoms with Crippen molar-refractivity contribution in [1.29, 1.82) is 0 Å². The van der Waals surface area contributed by atoms with Crippen LogP contribution in [0.2, 0.25) is 0 Å². The van der Waals surface area contributed by atoms with Crippen LogP contribution in [0.25, 0.3) is 0 Å². The lowest BCUT2D eigenvalue weighted by atomic mass is 9.90. The molecule has 1 rings (SSSR count). The monoisotopic (exact) mass is 352 g/mol. The summed E-state index contributed by atoms with van der Waals surface area (Å²) in [7, 11) is 0. The zero-order chi connectivity index (χ0) is 18.7. The maximum atomic E-state index is 12.1. The van der Waals surface area contributed by atoms with Crippen LogP contribution in [0.4, 0.5) is 0 Å². The van der Waals surface area contributed by atoms with Gasteiger partial charge in [-0.15, -0.1) is 0 Å². The van der Waals surface area contributed by atoms with Gasteiger partial charge >= 0.3 is 5.97 Å². The molecule has 0 spiro atoms. The number of carbonyl (C=O) groups is 2. The summed E-state index contributed by atoms with van der Waals surface area (Å²) >= 11 is 0. The zero-order valence-corrected chi connectivity index (χ0v) is 15.1. The Balaban J connectivity index is 2.48. The van der Waals surface area contributed by atoms with Crippen LogP contribution in [0, 0.1) is 11.8 Å². The summed E-state index contributed by atoms with van der Waals surface area (Å²) < 4.78 is 0. The van der Waals surface area contributed by atoms with Crippen molar-refractivity contribution in [3.05, 3.63) is 24.3 Å². The first-order valence-electron chi connectivity index (χ1n) is 9.39. The number of aliphatic carboxylic acids is 1. The third kappa shape index (κ3) is 8.45. The standard InChI is InChI=1S/C20H32O5/c1-2-3-6-9-15(21)12-13-17-16(18(22)14-19(17)23)10-7-4-5-8-11-20(24)25/h4,7,12-13,15-17,19,21,23H,2-3,5-6,8-11,14H2,1H3,(H,24,25)/b7-4+,13-12?. The first-order valence-corrected chi connectivity index (χ1v) is 9.39. The number of Topliss-reactive ketones (excluding diaryl/α,β-unsaturated/α-hetero) is 1. The van der Waals surface area contributed by atoms with E-state index in [1.807, 2.05) is 12.2 Å². The van der Waals surface area contributed by atoms with E-state index in [1.165, 1.54) is 0 Å². The van der Waals surface area contributed by atoms with E-state index in [2.05, 4.69) is 6.92 Å². The molecule has 1 fully saturated rings. The number of unbranched alkanes of at least 4 members (excludes halogenated alkanes) is 3. The Bertz CT molecular complexity index is 469. The summed E-state index contributed by atoms with van der Waals surface area (Å²) in [6.45, 7) is 2.11. The van der Waals surface area contributed by atoms with Crippen LogP contribution in [0.5, 0.6) is 0 Å². The van der Waals surface area contributed by atoms with Crippen LogP contribution in [-0.4, -0.2) is 39.3 Å². The van der Waals surface area contributed by atoms with E-state index in [0.29, 0.717) is 25.7 Å². The summed E-state index contributed by atoms with van der Waals surface area (Å²) in [4.78, 5) is 22.5. The minimum Gasteiger partial charge on any atom is -0.481 e. The van der Waals surface area contributed by atoms with E-state index in [1.54, 1.807) is 12.2 Å². The third-order valence-corrected chi connectivity index (χ3v) is 4.71. The first-order chi connectivity index (χ1) is 12.0. The van der Waals surface area contributed by atoms with Crippen LogP contribution in [-0.2, 0) is 9.59 Å². The highest BCUT2D eigenvalue weighted by atomic mass is 16.4.